The van der Waals surface area contributed by atoms with E-state index in [-0.39, 0.29) is 18.5 Å². The molecule has 0 aliphatic rings. The fourth-order valence-corrected chi connectivity index (χ4v) is 7.39. The van der Waals surface area contributed by atoms with Gasteiger partial charge < -0.3 is 20.3 Å². The van der Waals surface area contributed by atoms with Crippen molar-refractivity contribution in [2.45, 2.75) is 270 Å². The molecule has 0 aliphatic heterocycles. The van der Waals surface area contributed by atoms with Gasteiger partial charge in [0.05, 0.1) is 25.4 Å². The van der Waals surface area contributed by atoms with Gasteiger partial charge in [-0.2, -0.15) is 0 Å². The van der Waals surface area contributed by atoms with E-state index in [1.807, 2.05) is 6.08 Å². The monoisotopic (exact) mass is 790 g/mol. The third kappa shape index (κ3) is 42.0. The highest BCUT2D eigenvalue weighted by atomic mass is 16.5. The molecule has 2 atom stereocenters. The molecule has 0 rings (SSSR count). The van der Waals surface area contributed by atoms with Crippen LogP contribution in [0.3, 0.4) is 0 Å². The minimum atomic E-state index is -0.861. The van der Waals surface area contributed by atoms with E-state index in [9.17, 15) is 19.8 Å². The second-order valence-electron chi connectivity index (χ2n) is 16.8. The topological polar surface area (TPSA) is 95.9 Å². The van der Waals surface area contributed by atoms with Gasteiger partial charge in [-0.15, -0.1) is 0 Å². The van der Waals surface area contributed by atoms with Crippen LogP contribution in [0.25, 0.3) is 0 Å². The number of unbranched alkanes of at least 4 members (excludes halogenated alkanes) is 32. The summed E-state index contributed by atoms with van der Waals surface area (Å²) in [4.78, 5) is 24.4. The Labute approximate surface area is 348 Å². The average Bonchev–Trinajstić information content (AvgIpc) is 3.20. The Morgan fingerprint density at radius 2 is 0.839 bits per heavy atom. The van der Waals surface area contributed by atoms with E-state index in [1.165, 1.54) is 173 Å². The second-order valence-corrected chi connectivity index (χ2v) is 16.8. The van der Waals surface area contributed by atoms with E-state index in [4.69, 9.17) is 4.74 Å². The van der Waals surface area contributed by atoms with Gasteiger partial charge in [-0.05, 0) is 57.8 Å². The molecule has 330 valence electrons. The van der Waals surface area contributed by atoms with Crippen LogP contribution in [0, 0.1) is 0 Å². The number of aliphatic hydroxyl groups excluding tert-OH is 2. The van der Waals surface area contributed by atoms with Crippen LogP contribution in [0.2, 0.25) is 0 Å². The maximum atomic E-state index is 12.4. The van der Waals surface area contributed by atoms with Crippen molar-refractivity contribution < 1.29 is 24.5 Å². The molecule has 0 radical (unpaired) electrons. The number of aliphatic hydroxyl groups is 2. The van der Waals surface area contributed by atoms with E-state index in [0.717, 1.165) is 57.8 Å². The number of nitrogens with one attached hydrogen (secondary N) is 1. The van der Waals surface area contributed by atoms with Crippen LogP contribution in [0.15, 0.2) is 24.3 Å². The molecule has 6 nitrogen and oxygen atoms in total. The lowest BCUT2D eigenvalue weighted by Crippen LogP contribution is -2.45. The Balaban J connectivity index is 3.55. The van der Waals surface area contributed by atoms with Crippen molar-refractivity contribution in [2.75, 3.05) is 13.2 Å². The van der Waals surface area contributed by atoms with Crippen molar-refractivity contribution in [2.24, 2.45) is 0 Å². The molecule has 1 amide bonds. The number of ether oxygens (including phenoxy) is 1. The molecule has 0 saturated carbocycles. The van der Waals surface area contributed by atoms with Gasteiger partial charge >= 0.3 is 5.97 Å². The number of amides is 1. The summed E-state index contributed by atoms with van der Waals surface area (Å²) in [5, 5.41) is 23.0. The standard InChI is InChI=1S/C50H95NO5/c1-3-5-7-9-11-13-15-17-18-19-20-22-23-26-30-34-38-42-48(53)47(46-52)51-49(54)43-39-35-31-27-25-29-33-37-41-45-56-50(55)44-40-36-32-28-24-21-16-14-12-10-8-6-4-2/h14,16,38,42,47-48,52-53H,3-13,15,17-37,39-41,43-46H2,1-2H3,(H,51,54)/b16-14-,42-38+. The van der Waals surface area contributed by atoms with Crippen LogP contribution in [0.1, 0.15) is 258 Å². The summed E-state index contributed by atoms with van der Waals surface area (Å²) in [6.07, 6.45) is 53.1. The smallest absolute Gasteiger partial charge is 0.305 e. The fraction of sp³-hybridized carbons (Fsp3) is 0.880. The minimum absolute atomic E-state index is 0.0367. The lowest BCUT2D eigenvalue weighted by atomic mass is 10.0. The van der Waals surface area contributed by atoms with Crippen LogP contribution >= 0.6 is 0 Å². The molecule has 3 N–H and O–H groups in total. The Kier molecular flexibility index (Phi) is 44.7. The zero-order chi connectivity index (χ0) is 40.8. The summed E-state index contributed by atoms with van der Waals surface area (Å²) in [6, 6.07) is -0.648. The highest BCUT2D eigenvalue weighted by Gasteiger charge is 2.18. The largest absolute Gasteiger partial charge is 0.466 e. The number of allylic oxidation sites excluding steroid dienone is 3. The molecular formula is C50H95NO5. The molecule has 0 fully saturated rings. The Morgan fingerprint density at radius 3 is 1.29 bits per heavy atom. The lowest BCUT2D eigenvalue weighted by Gasteiger charge is -2.20. The van der Waals surface area contributed by atoms with Gasteiger partial charge in [0.1, 0.15) is 0 Å². The maximum Gasteiger partial charge on any atom is 0.305 e. The first-order chi connectivity index (χ1) is 27.5. The zero-order valence-corrected chi connectivity index (χ0v) is 37.4. The average molecular weight is 790 g/mol. The molecule has 0 spiro atoms. The van der Waals surface area contributed by atoms with Gasteiger partial charge in [-0.25, -0.2) is 0 Å². The SMILES string of the molecule is CCCCCC/C=C\CCCCCCCC(=O)OCCCCCCCCCCCC(=O)NC(CO)C(O)/C=C/CCCCCCCCCCCCCCCCC. The summed E-state index contributed by atoms with van der Waals surface area (Å²) in [5.41, 5.74) is 0. The molecule has 0 aromatic carbocycles. The normalized spacial score (nSPS) is 12.9. The summed E-state index contributed by atoms with van der Waals surface area (Å²) in [7, 11) is 0. The molecule has 0 aliphatic carbocycles. The zero-order valence-electron chi connectivity index (χ0n) is 37.4. The molecule has 2 unspecified atom stereocenters. The molecule has 6 heteroatoms. The molecule has 0 bridgehead atoms. The molecule has 0 aromatic heterocycles. The molecule has 0 aromatic rings. The van der Waals surface area contributed by atoms with Crippen molar-refractivity contribution in [3.05, 3.63) is 24.3 Å². The molecular weight excluding hydrogens is 695 g/mol. The van der Waals surface area contributed by atoms with Gasteiger partial charge in [0.2, 0.25) is 5.91 Å². The number of hydrogen-bond donors (Lipinski definition) is 3. The van der Waals surface area contributed by atoms with Crippen molar-refractivity contribution in [3.63, 3.8) is 0 Å². The molecule has 0 heterocycles. The predicted octanol–water partition coefficient (Wildman–Crippen LogP) is 14.3. The number of esters is 1. The fourth-order valence-electron chi connectivity index (χ4n) is 7.39. The van der Waals surface area contributed by atoms with Crippen molar-refractivity contribution in [3.8, 4) is 0 Å². The van der Waals surface area contributed by atoms with Crippen molar-refractivity contribution in [1.29, 1.82) is 0 Å². The number of carbonyl (C=O) groups is 2. The second kappa shape index (κ2) is 46.0. The Bertz CT molecular complexity index is 874. The van der Waals surface area contributed by atoms with Gasteiger partial charge in [0, 0.05) is 12.8 Å². The molecule has 56 heavy (non-hydrogen) atoms. The van der Waals surface area contributed by atoms with E-state index in [2.05, 4.69) is 31.3 Å². The summed E-state index contributed by atoms with van der Waals surface area (Å²) in [5.74, 6) is -0.132. The van der Waals surface area contributed by atoms with E-state index >= 15 is 0 Å². The lowest BCUT2D eigenvalue weighted by molar-refractivity contribution is -0.143. The first kappa shape index (κ1) is 54.3. The van der Waals surface area contributed by atoms with Crippen LogP contribution in [-0.4, -0.2) is 47.4 Å². The number of rotatable bonds is 45. The third-order valence-electron chi connectivity index (χ3n) is 11.2. The summed E-state index contributed by atoms with van der Waals surface area (Å²) < 4.78 is 5.43. The maximum absolute atomic E-state index is 12.4. The molecule has 0 saturated heterocycles. The first-order valence-corrected chi connectivity index (χ1v) is 24.6. The minimum Gasteiger partial charge on any atom is -0.466 e. The van der Waals surface area contributed by atoms with E-state index in [1.54, 1.807) is 6.08 Å². The van der Waals surface area contributed by atoms with Crippen LogP contribution in [-0.2, 0) is 14.3 Å². The van der Waals surface area contributed by atoms with E-state index < -0.39 is 12.1 Å². The number of hydrogen-bond acceptors (Lipinski definition) is 5. The van der Waals surface area contributed by atoms with E-state index in [0.29, 0.717) is 19.4 Å². The predicted molar refractivity (Wildman–Crippen MR) is 241 cm³/mol. The first-order valence-electron chi connectivity index (χ1n) is 24.6. The van der Waals surface area contributed by atoms with Crippen molar-refractivity contribution >= 4 is 11.9 Å². The van der Waals surface area contributed by atoms with Gasteiger partial charge in [0.25, 0.3) is 0 Å². The van der Waals surface area contributed by atoms with Gasteiger partial charge in [0.15, 0.2) is 0 Å². The van der Waals surface area contributed by atoms with Crippen LogP contribution in [0.4, 0.5) is 0 Å². The van der Waals surface area contributed by atoms with Crippen molar-refractivity contribution in [1.82, 2.24) is 5.32 Å². The quantitative estimate of drug-likeness (QED) is 0.0324. The third-order valence-corrected chi connectivity index (χ3v) is 11.2. The highest BCUT2D eigenvalue weighted by molar-refractivity contribution is 5.76. The number of carbonyl (C=O) groups excluding carboxylic acids is 2. The van der Waals surface area contributed by atoms with Crippen LogP contribution < -0.4 is 5.32 Å². The van der Waals surface area contributed by atoms with Crippen LogP contribution in [0.5, 0.6) is 0 Å². The van der Waals surface area contributed by atoms with Gasteiger partial charge in [-0.1, -0.05) is 212 Å². The Morgan fingerprint density at radius 1 is 0.482 bits per heavy atom. The Hall–Kier alpha value is -1.66. The van der Waals surface area contributed by atoms with Gasteiger partial charge in [-0.3, -0.25) is 9.59 Å². The summed E-state index contributed by atoms with van der Waals surface area (Å²) in [6.45, 7) is 4.82. The highest BCUT2D eigenvalue weighted by Crippen LogP contribution is 2.15. The summed E-state index contributed by atoms with van der Waals surface area (Å²) >= 11 is 0.